The van der Waals surface area contributed by atoms with E-state index in [1.165, 1.54) is 0 Å². The molecule has 0 radical (unpaired) electrons. The Kier molecular flexibility index (Phi) is 5.54. The van der Waals surface area contributed by atoms with Crippen molar-refractivity contribution in [3.05, 3.63) is 60.2 Å². The number of amides is 2. The average Bonchev–Trinajstić information content (AvgIpc) is 2.54. The molecule has 2 rings (SSSR count). The summed E-state index contributed by atoms with van der Waals surface area (Å²) in [5.41, 5.74) is 1.69. The summed E-state index contributed by atoms with van der Waals surface area (Å²) < 4.78 is 5.47. The predicted octanol–water partition coefficient (Wildman–Crippen LogP) is 2.29. The fourth-order valence-corrected chi connectivity index (χ4v) is 1.94. The third-order valence-corrected chi connectivity index (χ3v) is 3.11. The van der Waals surface area contributed by atoms with Gasteiger partial charge in [0.25, 0.3) is 5.91 Å². The maximum Gasteiger partial charge on any atom is 0.260 e. The van der Waals surface area contributed by atoms with Gasteiger partial charge in [0.05, 0.1) is 0 Å². The molecule has 5 heteroatoms. The van der Waals surface area contributed by atoms with Gasteiger partial charge in [0.1, 0.15) is 5.75 Å². The van der Waals surface area contributed by atoms with Crippen LogP contribution in [0, 0.1) is 0 Å². The van der Waals surface area contributed by atoms with Crippen molar-refractivity contribution in [1.82, 2.24) is 4.90 Å². The molecule has 2 aromatic rings. The van der Waals surface area contributed by atoms with Crippen LogP contribution in [-0.4, -0.2) is 30.9 Å². The van der Waals surface area contributed by atoms with Crippen LogP contribution in [-0.2, 0) is 16.1 Å². The minimum Gasteiger partial charge on any atom is -0.484 e. The molecule has 0 bridgehead atoms. The summed E-state index contributed by atoms with van der Waals surface area (Å²) in [4.78, 5) is 24.1. The second-order valence-electron chi connectivity index (χ2n) is 4.81. The second-order valence-corrected chi connectivity index (χ2v) is 4.81. The number of carbonyl (C=O) groups is 2. The van der Waals surface area contributed by atoms with Crippen LogP contribution in [0.15, 0.2) is 54.6 Å². The van der Waals surface area contributed by atoms with Crippen molar-refractivity contribution in [1.29, 1.82) is 0 Å². The molecule has 2 amide bonds. The molecule has 0 fully saturated rings. The van der Waals surface area contributed by atoms with E-state index in [-0.39, 0.29) is 12.5 Å². The first-order chi connectivity index (χ1) is 10.7. The lowest BCUT2D eigenvalue weighted by Gasteiger charge is -2.17. The Morgan fingerprint density at radius 3 is 2.68 bits per heavy atom. The molecule has 0 aliphatic rings. The van der Waals surface area contributed by atoms with Crippen molar-refractivity contribution >= 4 is 18.0 Å². The Hall–Kier alpha value is -2.82. The fraction of sp³-hybridized carbons (Fsp3) is 0.176. The van der Waals surface area contributed by atoms with Crippen molar-refractivity contribution in [2.45, 2.75) is 6.54 Å². The molecule has 0 aliphatic heterocycles. The molecule has 0 heterocycles. The Bertz CT molecular complexity index is 629. The normalized spacial score (nSPS) is 9.86. The van der Waals surface area contributed by atoms with Crippen LogP contribution in [0.25, 0.3) is 0 Å². The van der Waals surface area contributed by atoms with E-state index >= 15 is 0 Å². The number of hydrogen-bond donors (Lipinski definition) is 1. The predicted molar refractivity (Wildman–Crippen MR) is 84.5 cm³/mol. The highest BCUT2D eigenvalue weighted by Gasteiger charge is 2.10. The smallest absolute Gasteiger partial charge is 0.260 e. The summed E-state index contributed by atoms with van der Waals surface area (Å²) in [5.74, 6) is 0.422. The van der Waals surface area contributed by atoms with Gasteiger partial charge in [-0.15, -0.1) is 0 Å². The third kappa shape index (κ3) is 4.63. The van der Waals surface area contributed by atoms with Crippen molar-refractivity contribution in [3.63, 3.8) is 0 Å². The third-order valence-electron chi connectivity index (χ3n) is 3.11. The van der Waals surface area contributed by atoms with Crippen LogP contribution >= 0.6 is 0 Å². The van der Waals surface area contributed by atoms with E-state index in [0.29, 0.717) is 24.4 Å². The molecule has 0 unspecified atom stereocenters. The maximum absolute atomic E-state index is 12.1. The molecule has 0 saturated heterocycles. The number of benzene rings is 2. The molecular formula is C17H18N2O3. The SMILES string of the molecule is CN(Cc1ccccc1)C(=O)COc1cccc(NC=O)c1. The molecular weight excluding hydrogens is 280 g/mol. The molecule has 0 aliphatic carbocycles. The molecule has 0 aromatic heterocycles. The van der Waals surface area contributed by atoms with E-state index < -0.39 is 0 Å². The average molecular weight is 298 g/mol. The van der Waals surface area contributed by atoms with Crippen LogP contribution in [0.1, 0.15) is 5.56 Å². The number of hydrogen-bond acceptors (Lipinski definition) is 3. The largest absolute Gasteiger partial charge is 0.484 e. The summed E-state index contributed by atoms with van der Waals surface area (Å²) in [6, 6.07) is 16.7. The van der Waals surface area contributed by atoms with E-state index in [4.69, 9.17) is 4.74 Å². The van der Waals surface area contributed by atoms with Gasteiger partial charge in [-0.3, -0.25) is 9.59 Å². The maximum atomic E-state index is 12.1. The van der Waals surface area contributed by atoms with Crippen LogP contribution in [0.4, 0.5) is 5.69 Å². The Labute approximate surface area is 129 Å². The van der Waals surface area contributed by atoms with Crippen LogP contribution in [0.2, 0.25) is 0 Å². The molecule has 0 atom stereocenters. The van der Waals surface area contributed by atoms with E-state index in [1.807, 2.05) is 30.3 Å². The number of anilines is 1. The van der Waals surface area contributed by atoms with Crippen molar-refractivity contribution < 1.29 is 14.3 Å². The van der Waals surface area contributed by atoms with Crippen LogP contribution < -0.4 is 10.1 Å². The molecule has 1 N–H and O–H groups in total. The standard InChI is InChI=1S/C17H18N2O3/c1-19(11-14-6-3-2-4-7-14)17(21)12-22-16-9-5-8-15(10-16)18-13-20/h2-10,13H,11-12H2,1H3,(H,18,20). The highest BCUT2D eigenvalue weighted by atomic mass is 16.5. The first-order valence-electron chi connectivity index (χ1n) is 6.90. The number of nitrogens with zero attached hydrogens (tertiary/aromatic N) is 1. The van der Waals surface area contributed by atoms with Gasteiger partial charge in [0.15, 0.2) is 6.61 Å². The summed E-state index contributed by atoms with van der Waals surface area (Å²) in [7, 11) is 1.74. The lowest BCUT2D eigenvalue weighted by atomic mass is 10.2. The van der Waals surface area contributed by atoms with Gasteiger partial charge < -0.3 is 15.0 Å². The van der Waals surface area contributed by atoms with Gasteiger partial charge in [-0.25, -0.2) is 0 Å². The summed E-state index contributed by atoms with van der Waals surface area (Å²) in [6.07, 6.45) is 0.595. The summed E-state index contributed by atoms with van der Waals surface area (Å²) in [6.45, 7) is 0.490. The number of ether oxygens (including phenoxy) is 1. The van der Waals surface area contributed by atoms with Crippen LogP contribution in [0.5, 0.6) is 5.75 Å². The van der Waals surface area contributed by atoms with E-state index in [0.717, 1.165) is 5.56 Å². The second kappa shape index (κ2) is 7.83. The van der Waals surface area contributed by atoms with E-state index in [9.17, 15) is 9.59 Å². The minimum atomic E-state index is -0.113. The van der Waals surface area contributed by atoms with Crippen molar-refractivity contribution in [2.75, 3.05) is 19.0 Å². The highest BCUT2D eigenvalue weighted by Crippen LogP contribution is 2.16. The van der Waals surface area contributed by atoms with Gasteiger partial charge in [-0.2, -0.15) is 0 Å². The monoisotopic (exact) mass is 298 g/mol. The molecule has 5 nitrogen and oxygen atoms in total. The Balaban J connectivity index is 1.86. The van der Waals surface area contributed by atoms with Crippen LogP contribution in [0.3, 0.4) is 0 Å². The Morgan fingerprint density at radius 2 is 1.95 bits per heavy atom. The van der Waals surface area contributed by atoms with E-state index in [2.05, 4.69) is 5.32 Å². The first kappa shape index (κ1) is 15.6. The lowest BCUT2D eigenvalue weighted by molar-refractivity contribution is -0.132. The summed E-state index contributed by atoms with van der Waals surface area (Å²) >= 11 is 0. The van der Waals surface area contributed by atoms with Gasteiger partial charge in [-0.05, 0) is 17.7 Å². The highest BCUT2D eigenvalue weighted by molar-refractivity contribution is 5.77. The van der Waals surface area contributed by atoms with Crippen molar-refractivity contribution in [2.24, 2.45) is 0 Å². The number of rotatable bonds is 7. The zero-order chi connectivity index (χ0) is 15.8. The van der Waals surface area contributed by atoms with Gasteiger partial charge in [0, 0.05) is 25.3 Å². The van der Waals surface area contributed by atoms with Crippen molar-refractivity contribution in [3.8, 4) is 5.75 Å². The topological polar surface area (TPSA) is 58.6 Å². The van der Waals surface area contributed by atoms with Gasteiger partial charge in [-0.1, -0.05) is 36.4 Å². The molecule has 0 saturated carbocycles. The molecule has 22 heavy (non-hydrogen) atoms. The zero-order valence-electron chi connectivity index (χ0n) is 12.4. The van der Waals surface area contributed by atoms with Gasteiger partial charge >= 0.3 is 0 Å². The van der Waals surface area contributed by atoms with Gasteiger partial charge in [0.2, 0.25) is 6.41 Å². The molecule has 0 spiro atoms. The summed E-state index contributed by atoms with van der Waals surface area (Å²) in [5, 5.41) is 2.54. The zero-order valence-corrected chi connectivity index (χ0v) is 12.4. The molecule has 114 valence electrons. The number of carbonyl (C=O) groups excluding carboxylic acids is 2. The lowest BCUT2D eigenvalue weighted by Crippen LogP contribution is -2.30. The number of nitrogens with one attached hydrogen (secondary N) is 1. The van der Waals surface area contributed by atoms with E-state index in [1.54, 1.807) is 36.2 Å². The number of likely N-dealkylation sites (N-methyl/N-ethyl adjacent to an activating group) is 1. The fourth-order valence-electron chi connectivity index (χ4n) is 1.94. The molecule has 2 aromatic carbocycles. The Morgan fingerprint density at radius 1 is 1.18 bits per heavy atom. The first-order valence-corrected chi connectivity index (χ1v) is 6.90. The quantitative estimate of drug-likeness (QED) is 0.798. The minimum absolute atomic E-state index is 0.0477.